The fourth-order valence-electron chi connectivity index (χ4n) is 10.5. The third-order valence-corrected chi connectivity index (χ3v) is 14.3. The summed E-state index contributed by atoms with van der Waals surface area (Å²) in [6.45, 7) is 7.56. The molecule has 18 heteroatoms. The average Bonchev–Trinajstić information content (AvgIpc) is 3.26. The van der Waals surface area contributed by atoms with E-state index >= 15 is 4.79 Å². The Labute approximate surface area is 381 Å². The topological polar surface area (TPSA) is 244 Å². The van der Waals surface area contributed by atoms with Gasteiger partial charge in [0.2, 0.25) is 0 Å². The van der Waals surface area contributed by atoms with E-state index in [1.807, 2.05) is 0 Å². The van der Waals surface area contributed by atoms with Gasteiger partial charge in [0.1, 0.15) is 23.9 Å². The van der Waals surface area contributed by atoms with Gasteiger partial charge in [-0.25, -0.2) is 9.59 Å². The number of rotatable bonds is 12. The Morgan fingerprint density at radius 2 is 1.41 bits per heavy atom. The molecule has 66 heavy (non-hydrogen) atoms. The molecule has 3 N–H and O–H groups in total. The van der Waals surface area contributed by atoms with Gasteiger partial charge in [-0.05, 0) is 54.8 Å². The van der Waals surface area contributed by atoms with Crippen LogP contribution in [0.3, 0.4) is 0 Å². The maximum Gasteiger partial charge on any atom is 0.338 e. The quantitative estimate of drug-likeness (QED) is 0.101. The van der Waals surface area contributed by atoms with Gasteiger partial charge in [-0.2, -0.15) is 8.42 Å². The van der Waals surface area contributed by atoms with Crippen molar-refractivity contribution in [2.24, 2.45) is 16.7 Å². The van der Waals surface area contributed by atoms with Crippen LogP contribution in [0.25, 0.3) is 0 Å². The molecule has 0 unspecified atom stereocenters. The Balaban J connectivity index is 1.43. The predicted octanol–water partition coefficient (Wildman–Crippen LogP) is 3.72. The number of esters is 4. The minimum Gasteiger partial charge on any atom is -0.456 e. The number of hydrogen-bond acceptors (Lipinski definition) is 16. The summed E-state index contributed by atoms with van der Waals surface area (Å²) in [5.74, 6) is -7.41. The third kappa shape index (κ3) is 8.44. The van der Waals surface area contributed by atoms with E-state index in [1.54, 1.807) is 78.9 Å². The van der Waals surface area contributed by atoms with E-state index in [9.17, 15) is 42.6 Å². The van der Waals surface area contributed by atoms with Crippen LogP contribution in [0.5, 0.6) is 0 Å². The van der Waals surface area contributed by atoms with Crippen molar-refractivity contribution < 1.29 is 75.3 Å². The summed E-state index contributed by atoms with van der Waals surface area (Å²) in [7, 11) is -4.40. The lowest BCUT2D eigenvalue weighted by Gasteiger charge is -2.67. The molecule has 1 saturated heterocycles. The molecule has 17 nitrogen and oxygen atoms in total. The highest BCUT2D eigenvalue weighted by molar-refractivity contribution is 7.86. The minimum atomic E-state index is -4.40. The zero-order valence-corrected chi connectivity index (χ0v) is 38.2. The fraction of sp³-hybridized carbons (Fsp3) is 0.458. The Morgan fingerprint density at radius 3 is 1.94 bits per heavy atom. The van der Waals surface area contributed by atoms with Gasteiger partial charge in [-0.15, -0.1) is 0 Å². The first-order chi connectivity index (χ1) is 31.0. The summed E-state index contributed by atoms with van der Waals surface area (Å²) in [6, 6.07) is 22.5. The normalized spacial score (nSPS) is 30.9. The maximum atomic E-state index is 15.9. The van der Waals surface area contributed by atoms with E-state index in [0.29, 0.717) is 5.56 Å². The first-order valence-electron chi connectivity index (χ1n) is 21.4. The van der Waals surface area contributed by atoms with E-state index < -0.39 is 129 Å². The summed E-state index contributed by atoms with van der Waals surface area (Å²) in [5.41, 5.74) is -7.84. The zero-order valence-electron chi connectivity index (χ0n) is 37.4. The van der Waals surface area contributed by atoms with Crippen LogP contribution >= 0.6 is 0 Å². The molecule has 0 spiro atoms. The van der Waals surface area contributed by atoms with Crippen LogP contribution in [0.4, 0.5) is 0 Å². The van der Waals surface area contributed by atoms with Crippen molar-refractivity contribution >= 4 is 45.7 Å². The van der Waals surface area contributed by atoms with Crippen molar-refractivity contribution in [3.63, 3.8) is 0 Å². The number of ether oxygens (including phenoxy) is 5. The summed E-state index contributed by atoms with van der Waals surface area (Å²) in [5, 5.41) is 28.4. The monoisotopic (exact) mass is 931 g/mol. The number of carbonyl (C=O) groups is 6. The highest BCUT2D eigenvalue weighted by atomic mass is 32.2. The number of aliphatic hydroxyl groups excluding tert-OH is 1. The summed E-state index contributed by atoms with van der Waals surface area (Å²) in [6.07, 6.45) is -10.6. The molecular weight excluding hydrogens is 879 g/mol. The number of hydrogen-bond donors (Lipinski definition) is 3. The van der Waals surface area contributed by atoms with E-state index in [2.05, 4.69) is 5.32 Å². The molecular formula is C48H53NO16S. The molecule has 3 fully saturated rings. The number of fused-ring (bicyclic) bond motifs is 5. The minimum absolute atomic E-state index is 0.00725. The molecule has 1 aliphatic heterocycles. The highest BCUT2D eigenvalue weighted by Crippen LogP contribution is 2.65. The number of benzene rings is 3. The number of amides is 1. The molecule has 0 radical (unpaired) electrons. The lowest BCUT2D eigenvalue weighted by molar-refractivity contribution is -0.343. The average molecular weight is 932 g/mol. The molecule has 1 heterocycles. The van der Waals surface area contributed by atoms with Gasteiger partial charge in [-0.3, -0.25) is 23.4 Å². The predicted molar refractivity (Wildman–Crippen MR) is 231 cm³/mol. The van der Waals surface area contributed by atoms with Gasteiger partial charge in [0.15, 0.2) is 23.6 Å². The van der Waals surface area contributed by atoms with Crippen molar-refractivity contribution in [2.45, 2.75) is 108 Å². The lowest BCUT2D eigenvalue weighted by Crippen LogP contribution is -2.82. The molecule has 3 aliphatic carbocycles. The molecule has 3 aromatic carbocycles. The van der Waals surface area contributed by atoms with Crippen LogP contribution in [0.1, 0.15) is 86.7 Å². The van der Waals surface area contributed by atoms with Gasteiger partial charge >= 0.3 is 23.9 Å². The number of aliphatic hydroxyl groups is 2. The first-order valence-corrected chi connectivity index (χ1v) is 23.2. The second kappa shape index (κ2) is 17.8. The Hall–Kier alpha value is -5.79. The second-order valence-corrected chi connectivity index (χ2v) is 19.7. The molecule has 352 valence electrons. The van der Waals surface area contributed by atoms with Crippen molar-refractivity contribution in [2.75, 3.05) is 12.9 Å². The number of ketones is 1. The van der Waals surface area contributed by atoms with Crippen LogP contribution in [0.2, 0.25) is 0 Å². The molecule has 7 rings (SSSR count). The van der Waals surface area contributed by atoms with Crippen LogP contribution in [-0.2, 0) is 57.2 Å². The van der Waals surface area contributed by atoms with E-state index in [1.165, 1.54) is 39.8 Å². The van der Waals surface area contributed by atoms with E-state index in [-0.39, 0.29) is 28.7 Å². The van der Waals surface area contributed by atoms with Crippen molar-refractivity contribution in [1.29, 1.82) is 0 Å². The van der Waals surface area contributed by atoms with Crippen molar-refractivity contribution in [3.8, 4) is 0 Å². The molecule has 1 amide bonds. The van der Waals surface area contributed by atoms with Crippen LogP contribution in [-0.4, -0.2) is 115 Å². The fourth-order valence-corrected chi connectivity index (χ4v) is 11.2. The molecule has 11 atom stereocenters. The Morgan fingerprint density at radius 1 is 0.833 bits per heavy atom. The smallest absolute Gasteiger partial charge is 0.338 e. The SMILES string of the molecule is CC(=O)O[C@H]1C(=O)[C@]2(C)[C@@H](OS(C)(=O)=O)C[C@H]3OC[C@@]3(OC(C)=O)[C@H]2[C@H](OC(=O)c2ccccc2)[C@]2(O)C[C@H](OC(=O)[C@H](O)[C@@H](NC(=O)c3ccccc3)c3ccccc3)C(C)=C1C2(C)C. The second-order valence-electron chi connectivity index (χ2n) is 18.1. The molecule has 2 saturated carbocycles. The van der Waals surface area contributed by atoms with E-state index in [0.717, 1.165) is 20.1 Å². The summed E-state index contributed by atoms with van der Waals surface area (Å²) in [4.78, 5) is 84.5. The first kappa shape index (κ1) is 48.2. The van der Waals surface area contributed by atoms with Crippen LogP contribution in [0, 0.1) is 16.7 Å². The standard InChI is InChI=1S/C48H53NO16S/c1-26-32(62-44(56)37(52)36(29-17-11-8-12-18-29)49-42(54)30-19-13-9-14-20-30)24-48(57)41(63-43(55)31-21-15-10-16-22-31)39-46(6,40(53)38(61-27(2)50)35(26)45(48,4)5)33(65-66(7,58)59)23-34-47(39,25-60-34)64-28(3)51/h8-22,32-34,36-39,41,52,57H,23-25H2,1-7H3,(H,49,54)/t32-,33-,34+,36-,37+,38+,39-,41-,46+,47-,48+/m0/s1. The molecule has 0 aromatic heterocycles. The zero-order chi connectivity index (χ0) is 48.1. The molecule has 4 aliphatic rings. The highest BCUT2D eigenvalue weighted by Gasteiger charge is 2.79. The summed E-state index contributed by atoms with van der Waals surface area (Å²) >= 11 is 0. The lowest BCUT2D eigenvalue weighted by atomic mass is 9.44. The number of nitrogens with one attached hydrogen (secondary N) is 1. The summed E-state index contributed by atoms with van der Waals surface area (Å²) < 4.78 is 62.2. The molecule has 3 aromatic rings. The van der Waals surface area contributed by atoms with Gasteiger partial charge in [0.05, 0.1) is 41.9 Å². The Kier molecular flexibility index (Phi) is 13.0. The molecule has 2 bridgehead atoms. The van der Waals surface area contributed by atoms with Gasteiger partial charge in [0.25, 0.3) is 16.0 Å². The van der Waals surface area contributed by atoms with Gasteiger partial charge in [-0.1, -0.05) is 80.6 Å². The maximum absolute atomic E-state index is 15.9. The Bertz CT molecular complexity index is 2550. The van der Waals surface area contributed by atoms with Gasteiger partial charge < -0.3 is 39.2 Å². The van der Waals surface area contributed by atoms with Crippen LogP contribution < -0.4 is 5.32 Å². The van der Waals surface area contributed by atoms with E-state index in [4.69, 9.17) is 27.9 Å². The largest absolute Gasteiger partial charge is 0.456 e. The van der Waals surface area contributed by atoms with Crippen molar-refractivity contribution in [1.82, 2.24) is 5.32 Å². The third-order valence-electron chi connectivity index (χ3n) is 13.7. The van der Waals surface area contributed by atoms with Gasteiger partial charge in [0, 0.05) is 37.7 Å². The van der Waals surface area contributed by atoms with Crippen LogP contribution in [0.15, 0.2) is 102 Å². The number of Topliss-reactive ketones (excluding diaryl/α,β-unsaturated/α-hetero) is 1. The number of carbonyl (C=O) groups excluding carboxylic acids is 6. The van der Waals surface area contributed by atoms with Crippen molar-refractivity contribution in [3.05, 3.63) is 119 Å².